The molecule has 0 aromatic rings. The van der Waals surface area contributed by atoms with E-state index in [9.17, 15) is 14.7 Å². The average molecular weight is 428 g/mol. The van der Waals surface area contributed by atoms with Crippen LogP contribution in [0, 0.1) is 5.92 Å². The molecule has 0 aromatic carbocycles. The van der Waals surface area contributed by atoms with Gasteiger partial charge in [0.05, 0.1) is 21.1 Å². The molecule has 0 radical (unpaired) electrons. The molecule has 0 amide bonds. The number of carbonyl (C=O) groups is 2. The number of likely N-dealkylation sites (N-methyl/N-ethyl adjacent to an activating group) is 1. The van der Waals surface area contributed by atoms with Crippen molar-refractivity contribution >= 4 is 11.9 Å². The Morgan fingerprint density at radius 2 is 1.33 bits per heavy atom. The maximum absolute atomic E-state index is 12.1. The SMILES string of the molecule is CCCCCCCCCCCCC(C)CCCC(=O)OC(CC(=O)[O-])C[N+](C)(C)C. The number of esters is 1. The number of hydrogen-bond acceptors (Lipinski definition) is 4. The molecule has 0 bridgehead atoms. The van der Waals surface area contributed by atoms with E-state index in [1.165, 1.54) is 70.6 Å². The lowest BCUT2D eigenvalue weighted by molar-refractivity contribution is -0.873. The Labute approximate surface area is 186 Å². The van der Waals surface area contributed by atoms with Gasteiger partial charge >= 0.3 is 5.97 Å². The summed E-state index contributed by atoms with van der Waals surface area (Å²) >= 11 is 0. The van der Waals surface area contributed by atoms with E-state index in [4.69, 9.17) is 4.74 Å². The molecule has 0 N–H and O–H groups in total. The van der Waals surface area contributed by atoms with Crippen molar-refractivity contribution in [2.75, 3.05) is 27.7 Å². The summed E-state index contributed by atoms with van der Waals surface area (Å²) in [6.45, 7) is 4.99. The van der Waals surface area contributed by atoms with Crippen LogP contribution >= 0.6 is 0 Å². The Balaban J connectivity index is 3.77. The van der Waals surface area contributed by atoms with Crippen LogP contribution in [0.5, 0.6) is 0 Å². The van der Waals surface area contributed by atoms with Crippen LogP contribution in [0.25, 0.3) is 0 Å². The lowest BCUT2D eigenvalue weighted by Crippen LogP contribution is -2.45. The predicted molar refractivity (Wildman–Crippen MR) is 122 cm³/mol. The van der Waals surface area contributed by atoms with Gasteiger partial charge in [0.2, 0.25) is 0 Å². The fourth-order valence-electron chi connectivity index (χ4n) is 3.90. The second-order valence-electron chi connectivity index (χ2n) is 10.1. The van der Waals surface area contributed by atoms with Gasteiger partial charge in [-0.2, -0.15) is 0 Å². The smallest absolute Gasteiger partial charge is 0.306 e. The number of unbranched alkanes of at least 4 members (excludes halogenated alkanes) is 9. The van der Waals surface area contributed by atoms with Gasteiger partial charge in [-0.3, -0.25) is 4.79 Å². The number of aliphatic carboxylic acids is 1. The number of ether oxygens (including phenoxy) is 1. The lowest BCUT2D eigenvalue weighted by Gasteiger charge is -2.29. The summed E-state index contributed by atoms with van der Waals surface area (Å²) in [7, 11) is 5.85. The monoisotopic (exact) mass is 427 g/mol. The molecule has 0 heterocycles. The number of carbonyl (C=O) groups excluding carboxylic acids is 2. The largest absolute Gasteiger partial charge is 0.550 e. The molecule has 5 nitrogen and oxygen atoms in total. The van der Waals surface area contributed by atoms with Crippen molar-refractivity contribution in [2.24, 2.45) is 5.92 Å². The van der Waals surface area contributed by atoms with Crippen LogP contribution < -0.4 is 5.11 Å². The fourth-order valence-corrected chi connectivity index (χ4v) is 3.90. The van der Waals surface area contributed by atoms with Crippen LogP contribution in [0.15, 0.2) is 0 Å². The van der Waals surface area contributed by atoms with Crippen LogP contribution in [0.2, 0.25) is 0 Å². The van der Waals surface area contributed by atoms with Crippen molar-refractivity contribution in [1.82, 2.24) is 0 Å². The molecular weight excluding hydrogens is 378 g/mol. The number of carboxylic acid groups (broad SMARTS) is 1. The molecule has 0 saturated heterocycles. The van der Waals surface area contributed by atoms with Gasteiger partial charge in [0.15, 0.2) is 6.10 Å². The third kappa shape index (κ3) is 20.2. The second-order valence-corrected chi connectivity index (χ2v) is 10.1. The Morgan fingerprint density at radius 1 is 0.833 bits per heavy atom. The van der Waals surface area contributed by atoms with Crippen molar-refractivity contribution in [3.8, 4) is 0 Å². The molecule has 178 valence electrons. The number of carboxylic acids is 1. The first kappa shape index (κ1) is 28.9. The molecule has 2 unspecified atom stereocenters. The highest BCUT2D eigenvalue weighted by atomic mass is 16.5. The van der Waals surface area contributed by atoms with Crippen molar-refractivity contribution in [3.05, 3.63) is 0 Å². The molecule has 5 heteroatoms. The Morgan fingerprint density at radius 3 is 1.83 bits per heavy atom. The van der Waals surface area contributed by atoms with Gasteiger partial charge in [-0.1, -0.05) is 90.9 Å². The molecule has 0 fully saturated rings. The molecular formula is C25H49NO4. The molecule has 0 saturated carbocycles. The van der Waals surface area contributed by atoms with Gasteiger partial charge in [0.25, 0.3) is 0 Å². The molecule has 0 aromatic heterocycles. The predicted octanol–water partition coefficient (Wildman–Crippen LogP) is 4.86. The number of hydrogen-bond donors (Lipinski definition) is 0. The van der Waals surface area contributed by atoms with Crippen molar-refractivity contribution in [3.63, 3.8) is 0 Å². The van der Waals surface area contributed by atoms with Crippen LogP contribution in [-0.4, -0.2) is 50.2 Å². The van der Waals surface area contributed by atoms with Crippen molar-refractivity contribution < 1.29 is 23.9 Å². The van der Waals surface area contributed by atoms with Gasteiger partial charge in [-0.25, -0.2) is 0 Å². The van der Waals surface area contributed by atoms with E-state index in [1.54, 1.807) is 0 Å². The normalized spacial score (nSPS) is 13.8. The summed E-state index contributed by atoms with van der Waals surface area (Å²) < 4.78 is 5.95. The summed E-state index contributed by atoms with van der Waals surface area (Å²) in [5.74, 6) is -0.843. The van der Waals surface area contributed by atoms with Crippen LogP contribution in [0.4, 0.5) is 0 Å². The maximum atomic E-state index is 12.1. The molecule has 0 aliphatic carbocycles. The number of rotatable bonds is 20. The minimum Gasteiger partial charge on any atom is -0.550 e. The van der Waals surface area contributed by atoms with E-state index in [0.29, 0.717) is 23.4 Å². The third-order valence-corrected chi connectivity index (χ3v) is 5.57. The first-order chi connectivity index (χ1) is 14.1. The standard InChI is InChI=1S/C25H49NO4/c1-6-7-8-9-10-11-12-13-14-15-17-22(2)18-16-19-25(29)30-23(20-24(27)28)21-26(3,4)5/h22-23H,6-21H2,1-5H3. The third-order valence-electron chi connectivity index (χ3n) is 5.57. The second kappa shape index (κ2) is 17.6. The van der Waals surface area contributed by atoms with Crippen molar-refractivity contribution in [1.29, 1.82) is 0 Å². The molecule has 30 heavy (non-hydrogen) atoms. The van der Waals surface area contributed by atoms with Gasteiger partial charge < -0.3 is 19.1 Å². The highest BCUT2D eigenvalue weighted by Gasteiger charge is 2.22. The molecule has 0 spiro atoms. The highest BCUT2D eigenvalue weighted by molar-refractivity contribution is 5.70. The lowest BCUT2D eigenvalue weighted by atomic mass is 9.96. The Bertz CT molecular complexity index is 445. The minimum absolute atomic E-state index is 0.240. The van der Waals surface area contributed by atoms with Crippen molar-refractivity contribution in [2.45, 2.75) is 116 Å². The Kier molecular flexibility index (Phi) is 16.9. The summed E-state index contributed by atoms with van der Waals surface area (Å²) in [5.41, 5.74) is 0. The zero-order valence-electron chi connectivity index (χ0n) is 20.5. The molecule has 0 aliphatic rings. The molecule has 2 atom stereocenters. The van der Waals surface area contributed by atoms with Gasteiger partial charge in [-0.15, -0.1) is 0 Å². The summed E-state index contributed by atoms with van der Waals surface area (Å²) in [6.07, 6.45) is 16.1. The molecule has 0 aliphatic heterocycles. The number of nitrogens with zero attached hydrogens (tertiary/aromatic N) is 1. The summed E-state index contributed by atoms with van der Waals surface area (Å²) in [5, 5.41) is 10.9. The van der Waals surface area contributed by atoms with E-state index in [0.717, 1.165) is 12.8 Å². The average Bonchev–Trinajstić information content (AvgIpc) is 2.61. The van der Waals surface area contributed by atoms with Gasteiger partial charge in [-0.05, 0) is 12.3 Å². The van der Waals surface area contributed by atoms with Gasteiger partial charge in [0.1, 0.15) is 6.54 Å². The van der Waals surface area contributed by atoms with E-state index in [-0.39, 0.29) is 12.4 Å². The highest BCUT2D eigenvalue weighted by Crippen LogP contribution is 2.18. The zero-order valence-corrected chi connectivity index (χ0v) is 20.5. The van der Waals surface area contributed by atoms with E-state index in [1.807, 2.05) is 21.1 Å². The first-order valence-electron chi connectivity index (χ1n) is 12.3. The van der Waals surface area contributed by atoms with E-state index < -0.39 is 12.1 Å². The first-order valence-corrected chi connectivity index (χ1v) is 12.3. The summed E-state index contributed by atoms with van der Waals surface area (Å²) in [4.78, 5) is 23.0. The fraction of sp³-hybridized carbons (Fsp3) is 0.920. The number of quaternary nitrogens is 1. The van der Waals surface area contributed by atoms with E-state index in [2.05, 4.69) is 13.8 Å². The van der Waals surface area contributed by atoms with Crippen LogP contribution in [-0.2, 0) is 14.3 Å². The topological polar surface area (TPSA) is 66.4 Å². The van der Waals surface area contributed by atoms with Crippen LogP contribution in [0.3, 0.4) is 0 Å². The van der Waals surface area contributed by atoms with Crippen LogP contribution in [0.1, 0.15) is 110 Å². The maximum Gasteiger partial charge on any atom is 0.306 e. The minimum atomic E-state index is -1.17. The van der Waals surface area contributed by atoms with Gasteiger partial charge in [0, 0.05) is 18.8 Å². The van der Waals surface area contributed by atoms with E-state index >= 15 is 0 Å². The molecule has 0 rings (SSSR count). The quantitative estimate of drug-likeness (QED) is 0.158. The summed E-state index contributed by atoms with van der Waals surface area (Å²) in [6, 6.07) is 0. The zero-order chi connectivity index (χ0) is 22.8. The Hall–Kier alpha value is -1.10.